The van der Waals surface area contributed by atoms with Crippen LogP contribution in [0.3, 0.4) is 0 Å². The van der Waals surface area contributed by atoms with Crippen molar-refractivity contribution in [1.82, 2.24) is 55.1 Å². The lowest BCUT2D eigenvalue weighted by molar-refractivity contribution is -0.153. The monoisotopic (exact) mass is 1350 g/mol. The third-order valence-electron chi connectivity index (χ3n) is 18.0. The predicted octanol–water partition coefficient (Wildman–Crippen LogP) is 2.48. The fraction of sp³-hybridized carbons (Fsp3) is 0.667. The SMILES string of the molecule is CC[C@H](C)C1C(=O)NC(C(=O)N2CCCCC2)C[S+]([O-])CC(=O)N(C)C(Cc2ccccc2)C(=O)N(C)C(C)C(=O)N(C)C(Cc2ccccc2)C(=O)N(C)C(CC(C)C)C(=O)NC([C@@H](C)O)C(=O)N(C)CC(=O)N(C)C(CC(C)C)C(=O)NC(COC(C)(C)C)C(=O)N1C. The van der Waals surface area contributed by atoms with Gasteiger partial charge in [-0.15, -0.1) is 0 Å². The van der Waals surface area contributed by atoms with Gasteiger partial charge in [0.15, 0.2) is 11.8 Å². The average molecular weight is 1350 g/mol. The fourth-order valence-corrected chi connectivity index (χ4v) is 12.9. The van der Waals surface area contributed by atoms with E-state index in [0.717, 1.165) is 21.1 Å². The highest BCUT2D eigenvalue weighted by Gasteiger charge is 2.44. The Labute approximate surface area is 566 Å². The van der Waals surface area contributed by atoms with Crippen molar-refractivity contribution in [3.63, 3.8) is 0 Å². The summed E-state index contributed by atoms with van der Waals surface area (Å²) in [5.41, 5.74) is 0.446. The summed E-state index contributed by atoms with van der Waals surface area (Å²) in [6, 6.07) is 5.37. The van der Waals surface area contributed by atoms with Crippen LogP contribution in [0.5, 0.6) is 0 Å². The molecule has 0 aliphatic carbocycles. The Bertz CT molecular complexity index is 2930. The van der Waals surface area contributed by atoms with Crippen LogP contribution in [-0.4, -0.2) is 267 Å². The number of nitrogens with zero attached hydrogens (tertiary/aromatic N) is 8. The van der Waals surface area contributed by atoms with Gasteiger partial charge in [0.1, 0.15) is 54.1 Å². The number of hydrogen-bond acceptors (Lipinski definition) is 14. The molecule has 2 aliphatic rings. The fourth-order valence-electron chi connectivity index (χ4n) is 11.7. The van der Waals surface area contributed by atoms with Gasteiger partial charge in [-0.25, -0.2) is 0 Å². The van der Waals surface area contributed by atoms with Gasteiger partial charge in [-0.05, 0) is 107 Å². The zero-order valence-electron chi connectivity index (χ0n) is 59.4. The summed E-state index contributed by atoms with van der Waals surface area (Å²) in [4.78, 5) is 173. The van der Waals surface area contributed by atoms with E-state index in [1.807, 2.05) is 34.6 Å². The molecule has 4 N–H and O–H groups in total. The first kappa shape index (κ1) is 80.3. The Balaban J connectivity index is 1.94. The van der Waals surface area contributed by atoms with E-state index < -0.39 is 166 Å². The van der Waals surface area contributed by atoms with Crippen molar-refractivity contribution in [3.05, 3.63) is 71.8 Å². The largest absolute Gasteiger partial charge is 0.616 e. The summed E-state index contributed by atoms with van der Waals surface area (Å²) < 4.78 is 20.7. The van der Waals surface area contributed by atoms with Crippen LogP contribution in [0.2, 0.25) is 0 Å². The van der Waals surface area contributed by atoms with Crippen molar-refractivity contribution >= 4 is 76.2 Å². The molecule has 12 atom stereocenters. The summed E-state index contributed by atoms with van der Waals surface area (Å²) in [7, 11) is 9.63. The van der Waals surface area contributed by atoms with Gasteiger partial charge < -0.3 is 69.5 Å². The van der Waals surface area contributed by atoms with Crippen LogP contribution in [0.25, 0.3) is 0 Å². The molecule has 0 bridgehead atoms. The molecule has 2 fully saturated rings. The molecule has 2 aromatic rings. The van der Waals surface area contributed by atoms with Crippen molar-refractivity contribution in [2.75, 3.05) is 87.1 Å². The molecule has 2 aromatic carbocycles. The molecule has 26 heteroatoms. The second kappa shape index (κ2) is 36.8. The highest BCUT2D eigenvalue weighted by molar-refractivity contribution is 7.92. The van der Waals surface area contributed by atoms with Gasteiger partial charge in [0.2, 0.25) is 59.1 Å². The molecule has 0 saturated carbocycles. The summed E-state index contributed by atoms with van der Waals surface area (Å²) in [5, 5.41) is 19.5. The quantitative estimate of drug-likeness (QED) is 0.198. The van der Waals surface area contributed by atoms with Crippen LogP contribution in [0.15, 0.2) is 60.7 Å². The molecule has 25 nitrogen and oxygen atoms in total. The molecule has 2 aliphatic heterocycles. The van der Waals surface area contributed by atoms with Crippen LogP contribution >= 0.6 is 0 Å². The minimum Gasteiger partial charge on any atom is -0.616 e. The van der Waals surface area contributed by atoms with E-state index in [1.54, 1.807) is 93.3 Å². The topological polar surface area (TPSA) is 302 Å². The highest BCUT2D eigenvalue weighted by Crippen LogP contribution is 2.23. The molecule has 2 saturated heterocycles. The minimum absolute atomic E-state index is 0.0482. The van der Waals surface area contributed by atoms with Crippen LogP contribution < -0.4 is 16.0 Å². The number of piperidine rings is 1. The summed E-state index contributed by atoms with van der Waals surface area (Å²) in [5.74, 6) is -10.4. The van der Waals surface area contributed by atoms with E-state index in [-0.39, 0.29) is 44.1 Å². The Morgan fingerprint density at radius 2 is 1.07 bits per heavy atom. The van der Waals surface area contributed by atoms with E-state index in [0.29, 0.717) is 43.5 Å². The number of amides is 11. The normalized spacial score (nSPS) is 26.1. The first-order valence-corrected chi connectivity index (χ1v) is 34.7. The first-order valence-electron chi connectivity index (χ1n) is 33.2. The molecule has 4 rings (SSSR count). The number of aliphatic hydroxyl groups is 1. The maximum Gasteiger partial charge on any atom is 0.272 e. The molecule has 95 heavy (non-hydrogen) atoms. The average Bonchev–Trinajstić information content (AvgIpc) is 0.824. The third-order valence-corrected chi connectivity index (χ3v) is 19.2. The molecule has 0 spiro atoms. The molecule has 11 amide bonds. The van der Waals surface area contributed by atoms with Crippen molar-refractivity contribution < 1.29 is 67.1 Å². The number of likely N-dealkylation sites (N-methyl/N-ethyl adjacent to an activating group) is 7. The molecular weight excluding hydrogens is 1240 g/mol. The minimum atomic E-state index is -2.19. The molecule has 2 heterocycles. The molecule has 10 unspecified atom stereocenters. The van der Waals surface area contributed by atoms with Gasteiger partial charge in [0.25, 0.3) is 5.91 Å². The number of ether oxygens (including phenoxy) is 1. The Morgan fingerprint density at radius 1 is 0.600 bits per heavy atom. The Kier molecular flexibility index (Phi) is 31.1. The smallest absolute Gasteiger partial charge is 0.272 e. The first-order chi connectivity index (χ1) is 44.4. The Hall–Kier alpha value is -7.16. The van der Waals surface area contributed by atoms with E-state index in [1.165, 1.54) is 82.8 Å². The third kappa shape index (κ3) is 23.0. The highest BCUT2D eigenvalue weighted by atomic mass is 32.2. The van der Waals surface area contributed by atoms with Gasteiger partial charge in [0.05, 0.1) is 24.9 Å². The summed E-state index contributed by atoms with van der Waals surface area (Å²) in [6.07, 6.45) is 1.03. The number of hydrogen-bond donors (Lipinski definition) is 4. The number of carbonyl (C=O) groups is 11. The van der Waals surface area contributed by atoms with Crippen molar-refractivity contribution in [3.8, 4) is 0 Å². The standard InChI is InChI=1S/C69H109N11O14S/c1-19-45(6)59-62(86)71-51(65(89)80-33-27-22-28-34-80)41-95(93)42-57(83)76(15)54(37-48-29-23-20-24-30-48)66(90)74(13)46(7)63(87)78(17)55(38-49-31-25-21-26-32-49)67(91)77(16)53(36-44(4)5)61(85)72-58(47(8)81)68(92)73(12)39-56(82)75(14)52(35-43(2)3)60(84)70-50(64(88)79(59)18)40-94-69(9,10)11/h20-21,23-26,29-32,43-47,50-55,58-59,81H,19,22,27-28,33-42H2,1-18H3,(H,70,84)(H,71,86)(H,72,85)/t45-,46?,47+,50?,51?,52?,53?,54?,55?,58?,59?,95?/m0/s1. The Morgan fingerprint density at radius 3 is 1.57 bits per heavy atom. The van der Waals surface area contributed by atoms with Crippen LogP contribution in [0, 0.1) is 17.8 Å². The van der Waals surface area contributed by atoms with Crippen LogP contribution in [0.1, 0.15) is 126 Å². The molecule has 0 radical (unpaired) electrons. The summed E-state index contributed by atoms with van der Waals surface area (Å²) in [6.45, 7) is 18.5. The lowest BCUT2D eigenvalue weighted by Gasteiger charge is -2.38. The maximum absolute atomic E-state index is 15.2. The van der Waals surface area contributed by atoms with Crippen molar-refractivity contribution in [1.29, 1.82) is 0 Å². The van der Waals surface area contributed by atoms with E-state index in [4.69, 9.17) is 4.74 Å². The molecule has 530 valence electrons. The number of carbonyl (C=O) groups excluding carboxylic acids is 11. The predicted molar refractivity (Wildman–Crippen MR) is 363 cm³/mol. The van der Waals surface area contributed by atoms with E-state index in [2.05, 4.69) is 16.0 Å². The van der Waals surface area contributed by atoms with Gasteiger partial charge in [-0.1, -0.05) is 109 Å². The van der Waals surface area contributed by atoms with Crippen LogP contribution in [0.4, 0.5) is 0 Å². The number of rotatable bonds is 14. The number of likely N-dealkylation sites (tertiary alicyclic amines) is 1. The lowest BCUT2D eigenvalue weighted by atomic mass is 9.95. The maximum atomic E-state index is 15.2. The second-order valence-electron chi connectivity index (χ2n) is 27.6. The molecular formula is C69H109N11O14S. The van der Waals surface area contributed by atoms with Crippen molar-refractivity contribution in [2.24, 2.45) is 17.8 Å². The van der Waals surface area contributed by atoms with Gasteiger partial charge in [-0.3, -0.25) is 52.7 Å². The van der Waals surface area contributed by atoms with Gasteiger partial charge in [0, 0.05) is 75.3 Å². The number of aliphatic hydroxyl groups excluding tert-OH is 1. The van der Waals surface area contributed by atoms with Gasteiger partial charge >= 0.3 is 0 Å². The number of nitrogens with one attached hydrogen (secondary N) is 3. The van der Waals surface area contributed by atoms with Crippen LogP contribution in [-0.2, 0) is 81.5 Å². The van der Waals surface area contributed by atoms with Crippen molar-refractivity contribution in [2.45, 2.75) is 194 Å². The summed E-state index contributed by atoms with van der Waals surface area (Å²) >= 11 is -2.19. The van der Waals surface area contributed by atoms with Gasteiger partial charge in [-0.2, -0.15) is 0 Å². The zero-order chi connectivity index (χ0) is 71.5. The zero-order valence-corrected chi connectivity index (χ0v) is 60.2. The molecule has 0 aromatic heterocycles. The van der Waals surface area contributed by atoms with E-state index in [9.17, 15) is 38.4 Å². The lowest BCUT2D eigenvalue weighted by Crippen LogP contribution is -2.62. The number of benzene rings is 2. The second-order valence-corrected chi connectivity index (χ2v) is 29.1. The van der Waals surface area contributed by atoms with E-state index >= 15 is 24.0 Å².